The van der Waals surface area contributed by atoms with Crippen LogP contribution in [0.2, 0.25) is 0 Å². The first-order valence-electron chi connectivity index (χ1n) is 11.1. The lowest BCUT2D eigenvalue weighted by molar-refractivity contribution is -0.135. The fraction of sp³-hybridized carbons (Fsp3) is 0.478. The normalized spacial score (nSPS) is 21.1. The Hall–Kier alpha value is -3.62. The molecule has 0 radical (unpaired) electrons. The molecular formula is C23H27N5O6. The Labute approximate surface area is 195 Å². The van der Waals surface area contributed by atoms with Gasteiger partial charge in [0.1, 0.15) is 6.04 Å². The van der Waals surface area contributed by atoms with E-state index in [4.69, 9.17) is 9.84 Å². The highest BCUT2D eigenvalue weighted by molar-refractivity contribution is 6.00. The van der Waals surface area contributed by atoms with E-state index in [0.29, 0.717) is 43.8 Å². The Morgan fingerprint density at radius 2 is 2.09 bits per heavy atom. The van der Waals surface area contributed by atoms with Crippen molar-refractivity contribution in [1.29, 1.82) is 0 Å². The predicted octanol–water partition coefficient (Wildman–Crippen LogP) is -0.0202. The van der Waals surface area contributed by atoms with Crippen LogP contribution in [0, 0.1) is 11.8 Å². The van der Waals surface area contributed by atoms with Gasteiger partial charge in [0, 0.05) is 39.2 Å². The van der Waals surface area contributed by atoms with Crippen molar-refractivity contribution in [3.63, 3.8) is 0 Å². The van der Waals surface area contributed by atoms with Crippen molar-refractivity contribution < 1.29 is 24.2 Å². The molecule has 34 heavy (non-hydrogen) atoms. The van der Waals surface area contributed by atoms with Gasteiger partial charge in [-0.3, -0.25) is 28.9 Å². The van der Waals surface area contributed by atoms with Gasteiger partial charge in [-0.05, 0) is 24.6 Å². The molecule has 4 rings (SSSR count). The molecule has 2 aliphatic heterocycles. The van der Waals surface area contributed by atoms with Gasteiger partial charge in [0.25, 0.3) is 0 Å². The lowest BCUT2D eigenvalue weighted by atomic mass is 10.1. The molecule has 2 N–H and O–H groups in total. The van der Waals surface area contributed by atoms with Crippen molar-refractivity contribution in [2.24, 2.45) is 7.05 Å². The topological polar surface area (TPSA) is 126 Å². The number of imidazole rings is 1. The van der Waals surface area contributed by atoms with Crippen LogP contribution in [0.25, 0.3) is 11.0 Å². The van der Waals surface area contributed by atoms with Crippen LogP contribution >= 0.6 is 0 Å². The Morgan fingerprint density at radius 1 is 1.29 bits per heavy atom. The van der Waals surface area contributed by atoms with Gasteiger partial charge >= 0.3 is 11.8 Å². The number of nitrogens with zero attached hydrogens (tertiary/aromatic N) is 4. The number of ether oxygens (including phenoxy) is 1. The molecular weight excluding hydrogens is 442 g/mol. The number of amides is 3. The van der Waals surface area contributed by atoms with Gasteiger partial charge in [-0.25, -0.2) is 9.59 Å². The van der Waals surface area contributed by atoms with E-state index in [2.05, 4.69) is 22.1 Å². The minimum Gasteiger partial charge on any atom is -0.465 e. The van der Waals surface area contributed by atoms with Crippen LogP contribution in [0.5, 0.6) is 0 Å². The highest BCUT2D eigenvalue weighted by Crippen LogP contribution is 2.23. The lowest BCUT2D eigenvalue weighted by Gasteiger charge is -2.33. The SMILES string of the molecule is CN(C[C@@H]1CN(CC#Cc2ccc3c(c2)n(C)c(=O)n3C2CCC(=O)NC2=O)CCO1)C(=O)O. The van der Waals surface area contributed by atoms with E-state index in [0.717, 1.165) is 5.56 Å². The smallest absolute Gasteiger partial charge is 0.407 e. The first kappa shape index (κ1) is 23.5. The monoisotopic (exact) mass is 469 g/mol. The number of fused-ring (bicyclic) bond motifs is 1. The zero-order valence-electron chi connectivity index (χ0n) is 19.1. The van der Waals surface area contributed by atoms with Crippen LogP contribution in [0.15, 0.2) is 23.0 Å². The quantitative estimate of drug-likeness (QED) is 0.476. The van der Waals surface area contributed by atoms with Gasteiger partial charge in [0.2, 0.25) is 11.8 Å². The highest BCUT2D eigenvalue weighted by atomic mass is 16.5. The summed E-state index contributed by atoms with van der Waals surface area (Å²) in [5, 5.41) is 11.3. The molecule has 1 aromatic carbocycles. The third-order valence-corrected chi connectivity index (χ3v) is 6.17. The summed E-state index contributed by atoms with van der Waals surface area (Å²) >= 11 is 0. The highest BCUT2D eigenvalue weighted by Gasteiger charge is 2.31. The second-order valence-corrected chi connectivity index (χ2v) is 8.57. The van der Waals surface area contributed by atoms with Gasteiger partial charge in [-0.2, -0.15) is 0 Å². The molecule has 2 atom stereocenters. The number of hydrogen-bond acceptors (Lipinski definition) is 6. The van der Waals surface area contributed by atoms with Gasteiger partial charge in [-0.15, -0.1) is 0 Å². The minimum atomic E-state index is -0.989. The molecule has 2 fully saturated rings. The Bertz CT molecular complexity index is 1250. The van der Waals surface area contributed by atoms with Crippen LogP contribution in [0.4, 0.5) is 4.79 Å². The summed E-state index contributed by atoms with van der Waals surface area (Å²) < 4.78 is 8.58. The number of carbonyl (C=O) groups is 3. The first-order valence-corrected chi connectivity index (χ1v) is 11.1. The molecule has 3 amide bonds. The third kappa shape index (κ3) is 4.83. The number of carboxylic acid groups (broad SMARTS) is 1. The number of carbonyl (C=O) groups excluding carboxylic acids is 2. The molecule has 1 unspecified atom stereocenters. The van der Waals surface area contributed by atoms with E-state index in [1.807, 2.05) is 6.07 Å². The standard InChI is InChI=1S/C23H27N5O6/c1-25(23(32)33)13-16-14-27(10-11-34-16)9-3-4-15-5-6-17-19(12-15)26(2)22(31)28(17)18-7-8-20(29)24-21(18)30/h5-6,12,16,18H,7-11,13-14H2,1-2H3,(H,32,33)(H,24,29,30)/t16-,18?/m1/s1. The Kier molecular flexibility index (Phi) is 6.72. The molecule has 11 nitrogen and oxygen atoms in total. The largest absolute Gasteiger partial charge is 0.465 e. The molecule has 0 spiro atoms. The Balaban J connectivity index is 1.48. The van der Waals surface area contributed by atoms with Crippen LogP contribution in [-0.2, 0) is 21.4 Å². The van der Waals surface area contributed by atoms with E-state index in [1.54, 1.807) is 19.2 Å². The van der Waals surface area contributed by atoms with E-state index in [9.17, 15) is 19.2 Å². The molecule has 0 aliphatic carbocycles. The molecule has 2 aromatic rings. The van der Waals surface area contributed by atoms with Gasteiger partial charge < -0.3 is 14.7 Å². The summed E-state index contributed by atoms with van der Waals surface area (Å²) in [4.78, 5) is 51.0. The number of morpholine rings is 1. The van der Waals surface area contributed by atoms with Crippen molar-refractivity contribution in [2.75, 3.05) is 39.8 Å². The number of likely N-dealkylation sites (N-methyl/N-ethyl adjacent to an activating group) is 1. The number of hydrogen-bond donors (Lipinski definition) is 2. The summed E-state index contributed by atoms with van der Waals surface area (Å²) in [5.41, 5.74) is 1.69. The number of benzene rings is 1. The van der Waals surface area contributed by atoms with E-state index < -0.39 is 18.0 Å². The maximum absolute atomic E-state index is 12.9. The van der Waals surface area contributed by atoms with Crippen molar-refractivity contribution in [2.45, 2.75) is 25.0 Å². The van der Waals surface area contributed by atoms with Crippen LogP contribution < -0.4 is 11.0 Å². The molecule has 180 valence electrons. The van der Waals surface area contributed by atoms with Crippen LogP contribution in [0.1, 0.15) is 24.4 Å². The molecule has 0 saturated carbocycles. The predicted molar refractivity (Wildman–Crippen MR) is 122 cm³/mol. The second kappa shape index (κ2) is 9.70. The molecule has 3 heterocycles. The van der Waals surface area contributed by atoms with E-state index in [-0.39, 0.29) is 30.5 Å². The van der Waals surface area contributed by atoms with Crippen molar-refractivity contribution in [3.05, 3.63) is 34.2 Å². The third-order valence-electron chi connectivity index (χ3n) is 6.17. The molecule has 11 heteroatoms. The van der Waals surface area contributed by atoms with E-state index in [1.165, 1.54) is 21.1 Å². The summed E-state index contributed by atoms with van der Waals surface area (Å²) in [6, 6.07) is 4.67. The summed E-state index contributed by atoms with van der Waals surface area (Å²) in [7, 11) is 3.16. The fourth-order valence-corrected chi connectivity index (χ4v) is 4.34. The number of piperidine rings is 1. The minimum absolute atomic E-state index is 0.192. The molecule has 1 aromatic heterocycles. The average molecular weight is 469 g/mol. The Morgan fingerprint density at radius 3 is 2.82 bits per heavy atom. The van der Waals surface area contributed by atoms with Gasteiger partial charge in [0.15, 0.2) is 0 Å². The van der Waals surface area contributed by atoms with Crippen LogP contribution in [0.3, 0.4) is 0 Å². The van der Waals surface area contributed by atoms with Crippen LogP contribution in [-0.4, -0.2) is 87.9 Å². The molecule has 2 aliphatic rings. The number of imide groups is 1. The molecule has 2 saturated heterocycles. The maximum Gasteiger partial charge on any atom is 0.407 e. The summed E-state index contributed by atoms with van der Waals surface area (Å²) in [6.07, 6.45) is -0.711. The first-order chi connectivity index (χ1) is 16.2. The van der Waals surface area contributed by atoms with Crippen molar-refractivity contribution in [1.82, 2.24) is 24.3 Å². The van der Waals surface area contributed by atoms with Crippen molar-refractivity contribution >= 4 is 28.9 Å². The maximum atomic E-state index is 12.9. The number of rotatable bonds is 4. The number of aryl methyl sites for hydroxylation is 1. The number of nitrogens with one attached hydrogen (secondary N) is 1. The van der Waals surface area contributed by atoms with Crippen molar-refractivity contribution in [3.8, 4) is 11.8 Å². The zero-order chi connectivity index (χ0) is 24.4. The summed E-state index contributed by atoms with van der Waals surface area (Å²) in [5.74, 6) is 5.47. The summed E-state index contributed by atoms with van der Waals surface area (Å²) in [6.45, 7) is 2.62. The van der Waals surface area contributed by atoms with E-state index >= 15 is 0 Å². The molecule has 0 bridgehead atoms. The van der Waals surface area contributed by atoms with Gasteiger partial charge in [-0.1, -0.05) is 11.8 Å². The average Bonchev–Trinajstić information content (AvgIpc) is 3.04. The fourth-order valence-electron chi connectivity index (χ4n) is 4.34. The van der Waals surface area contributed by atoms with Gasteiger partial charge in [0.05, 0.1) is 36.8 Å². The lowest BCUT2D eigenvalue weighted by Crippen LogP contribution is -2.47. The second-order valence-electron chi connectivity index (χ2n) is 8.57. The zero-order valence-corrected chi connectivity index (χ0v) is 19.1. The number of aromatic nitrogens is 2.